The Kier molecular flexibility index (Phi) is 4.72. The summed E-state index contributed by atoms with van der Waals surface area (Å²) in [6.45, 7) is 4.31. The van der Waals surface area contributed by atoms with E-state index >= 15 is 0 Å². The molecule has 33 heavy (non-hydrogen) atoms. The molecule has 0 N–H and O–H groups in total. The zero-order chi connectivity index (χ0) is 22.7. The molecular formula is C28H28FN3O. The largest absolute Gasteiger partial charge is 0.299 e. The molecule has 0 aliphatic heterocycles. The molecule has 0 radical (unpaired) electrons. The number of nitrogens with zero attached hydrogens (tertiary/aromatic N) is 3. The summed E-state index contributed by atoms with van der Waals surface area (Å²) in [6.07, 6.45) is 7.27. The average Bonchev–Trinajstić information content (AvgIpc) is 3.67. The van der Waals surface area contributed by atoms with Crippen LogP contribution in [0, 0.1) is 17.7 Å². The minimum absolute atomic E-state index is 0.0201. The van der Waals surface area contributed by atoms with Gasteiger partial charge in [0.1, 0.15) is 11.6 Å². The summed E-state index contributed by atoms with van der Waals surface area (Å²) in [6, 6.07) is 11.0. The molecule has 168 valence electrons. The van der Waals surface area contributed by atoms with Gasteiger partial charge in [-0.15, -0.1) is 0 Å². The molecule has 2 saturated carbocycles. The van der Waals surface area contributed by atoms with E-state index in [-0.39, 0.29) is 23.1 Å². The normalized spacial score (nSPS) is 26.6. The van der Waals surface area contributed by atoms with Crippen LogP contribution in [0.25, 0.3) is 22.6 Å². The van der Waals surface area contributed by atoms with Gasteiger partial charge in [-0.25, -0.2) is 14.4 Å². The van der Waals surface area contributed by atoms with E-state index in [1.165, 1.54) is 18.9 Å². The Balaban J connectivity index is 1.55. The second-order valence-electron chi connectivity index (χ2n) is 10.3. The Morgan fingerprint density at radius 3 is 2.58 bits per heavy atom. The molecule has 2 heterocycles. The number of halogens is 1. The van der Waals surface area contributed by atoms with Crippen molar-refractivity contribution in [2.75, 3.05) is 0 Å². The standard InChI is InChI=1S/C28H28FN3O/c1-16-21-11-10-20-25(19-5-3-4-6-22(19)29)31-27(18-9-12-23(30-15-18)17-7-8-17)32-26(20)28(21,2)14-13-24(16)33/h3-6,9,12,15-17,21H,7-8,10-11,13-14H2,1-2H3/t16-,21-,28-/m1/s1. The van der Waals surface area contributed by atoms with E-state index in [0.717, 1.165) is 41.8 Å². The maximum atomic E-state index is 15.0. The first-order valence-corrected chi connectivity index (χ1v) is 12.1. The molecule has 4 nitrogen and oxygen atoms in total. The molecule has 2 fully saturated rings. The van der Waals surface area contributed by atoms with Crippen LogP contribution in [0.2, 0.25) is 0 Å². The van der Waals surface area contributed by atoms with Gasteiger partial charge in [-0.05, 0) is 62.3 Å². The first-order chi connectivity index (χ1) is 16.0. The molecule has 0 saturated heterocycles. The van der Waals surface area contributed by atoms with Gasteiger partial charge in [-0.2, -0.15) is 0 Å². The fourth-order valence-electron chi connectivity index (χ4n) is 6.09. The molecule has 2 aromatic heterocycles. The summed E-state index contributed by atoms with van der Waals surface area (Å²) in [7, 11) is 0. The topological polar surface area (TPSA) is 55.7 Å². The second kappa shape index (κ2) is 7.54. The predicted molar refractivity (Wildman–Crippen MR) is 125 cm³/mol. The maximum absolute atomic E-state index is 15.0. The SMILES string of the molecule is C[C@H]1C(=O)CC[C@@]2(C)c3nc(-c4ccc(C5CC5)nc4)nc(-c4ccccc4F)c3CC[C@H]12. The molecule has 0 amide bonds. The van der Waals surface area contributed by atoms with Crippen molar-refractivity contribution < 1.29 is 9.18 Å². The van der Waals surface area contributed by atoms with Crippen molar-refractivity contribution in [3.63, 3.8) is 0 Å². The van der Waals surface area contributed by atoms with Gasteiger partial charge in [0.2, 0.25) is 0 Å². The molecule has 0 bridgehead atoms. The molecule has 0 spiro atoms. The Bertz CT molecular complexity index is 1250. The Morgan fingerprint density at radius 1 is 1.03 bits per heavy atom. The fraction of sp³-hybridized carbons (Fsp3) is 0.429. The third-order valence-corrected chi connectivity index (χ3v) is 8.24. The van der Waals surface area contributed by atoms with Crippen molar-refractivity contribution in [1.82, 2.24) is 15.0 Å². The lowest BCUT2D eigenvalue weighted by atomic mass is 9.56. The van der Waals surface area contributed by atoms with Crippen molar-refractivity contribution in [2.45, 2.75) is 63.7 Å². The van der Waals surface area contributed by atoms with Crippen LogP contribution < -0.4 is 0 Å². The third kappa shape index (κ3) is 3.32. The highest BCUT2D eigenvalue weighted by Crippen LogP contribution is 2.52. The molecule has 1 aromatic carbocycles. The van der Waals surface area contributed by atoms with Gasteiger partial charge in [0.05, 0.1) is 11.4 Å². The Hall–Kier alpha value is -2.95. The lowest BCUT2D eigenvalue weighted by molar-refractivity contribution is -0.128. The molecule has 3 aromatic rings. The molecule has 3 atom stereocenters. The monoisotopic (exact) mass is 441 g/mol. The van der Waals surface area contributed by atoms with E-state index in [4.69, 9.17) is 9.97 Å². The quantitative estimate of drug-likeness (QED) is 0.497. The number of rotatable bonds is 3. The number of carbonyl (C=O) groups excluding carboxylic acids is 1. The van der Waals surface area contributed by atoms with Crippen LogP contribution in [0.15, 0.2) is 42.6 Å². The maximum Gasteiger partial charge on any atom is 0.161 e. The van der Waals surface area contributed by atoms with Gasteiger partial charge in [-0.3, -0.25) is 9.78 Å². The number of hydrogen-bond donors (Lipinski definition) is 0. The van der Waals surface area contributed by atoms with E-state index in [9.17, 15) is 9.18 Å². The molecule has 3 aliphatic carbocycles. The number of hydrogen-bond acceptors (Lipinski definition) is 4. The van der Waals surface area contributed by atoms with Crippen molar-refractivity contribution in [3.8, 4) is 22.6 Å². The van der Waals surface area contributed by atoms with Crippen LogP contribution in [-0.2, 0) is 16.6 Å². The molecular weight excluding hydrogens is 413 g/mol. The van der Waals surface area contributed by atoms with Gasteiger partial charge in [0, 0.05) is 52.3 Å². The van der Waals surface area contributed by atoms with Gasteiger partial charge in [0.15, 0.2) is 5.82 Å². The van der Waals surface area contributed by atoms with Gasteiger partial charge < -0.3 is 0 Å². The first kappa shape index (κ1) is 20.6. The molecule has 5 heteroatoms. The fourth-order valence-corrected chi connectivity index (χ4v) is 6.09. The van der Waals surface area contributed by atoms with Crippen LogP contribution in [0.1, 0.15) is 68.8 Å². The molecule has 6 rings (SSSR count). The molecule has 3 aliphatic rings. The number of aromatic nitrogens is 3. The Labute approximate surface area is 193 Å². The summed E-state index contributed by atoms with van der Waals surface area (Å²) in [5.41, 5.74) is 4.98. The number of Topliss-reactive ketones (excluding diaryl/α,β-unsaturated/α-hetero) is 1. The lowest BCUT2D eigenvalue weighted by Gasteiger charge is -2.48. The smallest absolute Gasteiger partial charge is 0.161 e. The summed E-state index contributed by atoms with van der Waals surface area (Å²) in [5.74, 6) is 1.52. The first-order valence-electron chi connectivity index (χ1n) is 12.1. The van der Waals surface area contributed by atoms with Crippen LogP contribution in [-0.4, -0.2) is 20.7 Å². The summed E-state index contributed by atoms with van der Waals surface area (Å²) in [4.78, 5) is 27.2. The highest BCUT2D eigenvalue weighted by molar-refractivity contribution is 5.83. The third-order valence-electron chi connectivity index (χ3n) is 8.24. The van der Waals surface area contributed by atoms with Crippen LogP contribution in [0.3, 0.4) is 0 Å². The summed E-state index contributed by atoms with van der Waals surface area (Å²) in [5, 5.41) is 0. The zero-order valence-electron chi connectivity index (χ0n) is 19.1. The van der Waals surface area contributed by atoms with Crippen LogP contribution >= 0.6 is 0 Å². The summed E-state index contributed by atoms with van der Waals surface area (Å²) >= 11 is 0. The van der Waals surface area contributed by atoms with E-state index in [1.807, 2.05) is 18.3 Å². The number of pyridine rings is 1. The highest BCUT2D eigenvalue weighted by atomic mass is 19.1. The van der Waals surface area contributed by atoms with E-state index in [2.05, 4.69) is 24.9 Å². The average molecular weight is 442 g/mol. The molecule has 0 unspecified atom stereocenters. The lowest BCUT2D eigenvalue weighted by Crippen LogP contribution is -2.47. The van der Waals surface area contributed by atoms with Crippen LogP contribution in [0.5, 0.6) is 0 Å². The van der Waals surface area contributed by atoms with Gasteiger partial charge in [0.25, 0.3) is 0 Å². The Morgan fingerprint density at radius 2 is 1.85 bits per heavy atom. The minimum Gasteiger partial charge on any atom is -0.299 e. The summed E-state index contributed by atoms with van der Waals surface area (Å²) < 4.78 is 15.0. The van der Waals surface area contributed by atoms with Crippen molar-refractivity contribution in [3.05, 3.63) is 65.4 Å². The zero-order valence-corrected chi connectivity index (χ0v) is 19.1. The van der Waals surface area contributed by atoms with E-state index in [0.29, 0.717) is 35.2 Å². The van der Waals surface area contributed by atoms with Gasteiger partial charge in [-0.1, -0.05) is 26.0 Å². The van der Waals surface area contributed by atoms with Gasteiger partial charge >= 0.3 is 0 Å². The second-order valence-corrected chi connectivity index (χ2v) is 10.3. The van der Waals surface area contributed by atoms with E-state index in [1.54, 1.807) is 12.1 Å². The van der Waals surface area contributed by atoms with E-state index < -0.39 is 0 Å². The number of carbonyl (C=O) groups is 1. The van der Waals surface area contributed by atoms with Crippen molar-refractivity contribution in [2.24, 2.45) is 11.8 Å². The van der Waals surface area contributed by atoms with Crippen molar-refractivity contribution in [1.29, 1.82) is 0 Å². The number of fused-ring (bicyclic) bond motifs is 3. The number of ketones is 1. The number of benzene rings is 1. The van der Waals surface area contributed by atoms with Crippen molar-refractivity contribution >= 4 is 5.78 Å². The highest BCUT2D eigenvalue weighted by Gasteiger charge is 2.49. The predicted octanol–water partition coefficient (Wildman–Crippen LogP) is 6.04. The minimum atomic E-state index is -0.272. The van der Waals surface area contributed by atoms with Crippen LogP contribution in [0.4, 0.5) is 4.39 Å².